The van der Waals surface area contributed by atoms with Gasteiger partial charge in [0.05, 0.1) is 19.8 Å². The molecule has 1 heterocycles. The summed E-state index contributed by atoms with van der Waals surface area (Å²) in [5.41, 5.74) is 0.136. The molecule has 1 aromatic heterocycles. The molecule has 4 atom stereocenters. The molecule has 3 rings (SSSR count). The van der Waals surface area contributed by atoms with E-state index < -0.39 is 35.5 Å². The van der Waals surface area contributed by atoms with Gasteiger partial charge in [-0.25, -0.2) is 18.6 Å². The third kappa shape index (κ3) is 6.54. The van der Waals surface area contributed by atoms with Crippen LogP contribution in [0.4, 0.5) is 8.78 Å². The van der Waals surface area contributed by atoms with E-state index in [4.69, 9.17) is 31.2 Å². The summed E-state index contributed by atoms with van der Waals surface area (Å²) in [6.07, 6.45) is 3.49. The maximum absolute atomic E-state index is 14.3. The Balaban J connectivity index is 1.91. The first-order valence-electron chi connectivity index (χ1n) is 12.1. The van der Waals surface area contributed by atoms with Crippen molar-refractivity contribution in [1.82, 2.24) is 10.3 Å². The highest BCUT2D eigenvalue weighted by molar-refractivity contribution is 7.80. The second-order valence-corrected chi connectivity index (χ2v) is 9.67. The number of carbonyl (C=O) groups excluding carboxylic acids is 1. The second kappa shape index (κ2) is 12.5. The summed E-state index contributed by atoms with van der Waals surface area (Å²) in [7, 11) is 4.27. The van der Waals surface area contributed by atoms with Gasteiger partial charge < -0.3 is 29.4 Å². The van der Waals surface area contributed by atoms with Gasteiger partial charge in [0.1, 0.15) is 40.2 Å². The summed E-state index contributed by atoms with van der Waals surface area (Å²) in [4.78, 5) is 17.2. The number of nitrogens with zero attached hydrogens (tertiary/aromatic N) is 1. The van der Waals surface area contributed by atoms with E-state index in [9.17, 15) is 18.7 Å². The zero-order valence-corrected chi connectivity index (χ0v) is 23.4. The molecule has 2 unspecified atom stereocenters. The van der Waals surface area contributed by atoms with Crippen LogP contribution in [0, 0.1) is 5.82 Å². The highest BCUT2D eigenvalue weighted by Crippen LogP contribution is 2.45. The number of aromatic nitrogens is 1. The predicted molar refractivity (Wildman–Crippen MR) is 145 cm³/mol. The molecule has 11 heteroatoms. The van der Waals surface area contributed by atoms with Gasteiger partial charge in [-0.1, -0.05) is 24.4 Å². The van der Waals surface area contributed by atoms with Crippen LogP contribution in [0.5, 0.6) is 17.2 Å². The highest BCUT2D eigenvalue weighted by atomic mass is 32.1. The van der Waals surface area contributed by atoms with Crippen LogP contribution in [0.3, 0.4) is 0 Å². The summed E-state index contributed by atoms with van der Waals surface area (Å²) in [5, 5.41) is 13.2. The first-order valence-corrected chi connectivity index (χ1v) is 12.5. The number of halogens is 2. The number of benzene rings is 1. The van der Waals surface area contributed by atoms with Crippen molar-refractivity contribution in [1.29, 1.82) is 0 Å². The number of methoxy groups -OCH3 is 3. The Morgan fingerprint density at radius 1 is 1.13 bits per heavy atom. The van der Waals surface area contributed by atoms with Gasteiger partial charge in [-0.15, -0.1) is 0 Å². The van der Waals surface area contributed by atoms with Crippen LogP contribution in [0.2, 0.25) is 0 Å². The lowest BCUT2D eigenvalue weighted by Gasteiger charge is -2.39. The van der Waals surface area contributed by atoms with Crippen LogP contribution in [-0.2, 0) is 14.3 Å². The van der Waals surface area contributed by atoms with E-state index in [0.717, 1.165) is 0 Å². The maximum Gasteiger partial charge on any atom is 0.328 e. The van der Waals surface area contributed by atoms with Gasteiger partial charge in [-0.2, -0.15) is 0 Å². The lowest BCUT2D eigenvalue weighted by atomic mass is 9.74. The number of hydrogen-bond acceptors (Lipinski definition) is 8. The number of aromatic hydroxyl groups is 1. The minimum atomic E-state index is -1.06. The molecule has 2 N–H and O–H groups in total. The number of rotatable bonds is 10. The summed E-state index contributed by atoms with van der Waals surface area (Å²) in [5.74, 6) is -2.05. The van der Waals surface area contributed by atoms with Gasteiger partial charge in [0.25, 0.3) is 0 Å². The largest absolute Gasteiger partial charge is 0.503 e. The molecular weight excluding hydrogens is 530 g/mol. The van der Waals surface area contributed by atoms with Crippen molar-refractivity contribution in [3.05, 3.63) is 71.1 Å². The minimum Gasteiger partial charge on any atom is -0.503 e. The number of nitrogens with one attached hydrogen (secondary N) is 1. The number of hydrogen-bond donors (Lipinski definition) is 2. The number of esters is 1. The summed E-state index contributed by atoms with van der Waals surface area (Å²) in [6.45, 7) is 4.96. The van der Waals surface area contributed by atoms with Gasteiger partial charge in [0.2, 0.25) is 0 Å². The van der Waals surface area contributed by atoms with E-state index in [1.165, 1.54) is 51.8 Å². The molecule has 0 saturated heterocycles. The Kier molecular flexibility index (Phi) is 9.63. The van der Waals surface area contributed by atoms with Gasteiger partial charge in [-0.3, -0.25) is 0 Å². The van der Waals surface area contributed by atoms with Crippen molar-refractivity contribution in [2.45, 2.75) is 50.9 Å². The molecule has 0 bridgehead atoms. The van der Waals surface area contributed by atoms with E-state index in [2.05, 4.69) is 10.3 Å². The monoisotopic (exact) mass is 562 g/mol. The van der Waals surface area contributed by atoms with Crippen molar-refractivity contribution in [2.24, 2.45) is 0 Å². The molecule has 1 aliphatic carbocycles. The van der Waals surface area contributed by atoms with Crippen LogP contribution in [-0.4, -0.2) is 60.1 Å². The molecule has 0 aliphatic heterocycles. The molecule has 0 saturated carbocycles. The molecule has 2 aromatic rings. The van der Waals surface area contributed by atoms with Crippen molar-refractivity contribution >= 4 is 23.2 Å². The van der Waals surface area contributed by atoms with Gasteiger partial charge in [0.15, 0.2) is 11.5 Å². The fourth-order valence-electron chi connectivity index (χ4n) is 4.52. The Morgan fingerprint density at radius 3 is 2.46 bits per heavy atom. The molecular formula is C28H32F2N2O6S. The zero-order chi connectivity index (χ0) is 28.9. The van der Waals surface area contributed by atoms with Crippen LogP contribution in [0.15, 0.2) is 54.0 Å². The molecule has 0 radical (unpaired) electrons. The summed E-state index contributed by atoms with van der Waals surface area (Å²) < 4.78 is 50.4. The van der Waals surface area contributed by atoms with E-state index in [-0.39, 0.29) is 40.2 Å². The number of ether oxygens (including phenoxy) is 4. The molecule has 210 valence electrons. The topological polar surface area (TPSA) is 99.1 Å². The third-order valence-electron chi connectivity index (χ3n) is 6.67. The Hall–Kier alpha value is -3.57. The average Bonchev–Trinajstić information content (AvgIpc) is 2.90. The lowest BCUT2D eigenvalue weighted by Crippen LogP contribution is -2.43. The van der Waals surface area contributed by atoms with E-state index in [0.29, 0.717) is 11.1 Å². The van der Waals surface area contributed by atoms with Crippen molar-refractivity contribution in [3.63, 3.8) is 0 Å². The normalized spacial score (nSPS) is 19.2. The molecule has 39 heavy (non-hydrogen) atoms. The average molecular weight is 563 g/mol. The van der Waals surface area contributed by atoms with Gasteiger partial charge >= 0.3 is 5.97 Å². The molecule has 0 fully saturated rings. The first-order chi connectivity index (χ1) is 18.4. The van der Waals surface area contributed by atoms with Crippen LogP contribution in [0.1, 0.15) is 44.4 Å². The maximum atomic E-state index is 14.3. The molecule has 0 spiro atoms. The lowest BCUT2D eigenvalue weighted by molar-refractivity contribution is -0.150. The third-order valence-corrected chi connectivity index (χ3v) is 6.98. The molecule has 8 nitrogen and oxygen atoms in total. The highest BCUT2D eigenvalue weighted by Gasteiger charge is 2.42. The summed E-state index contributed by atoms with van der Waals surface area (Å²) >= 11 is 5.34. The Labute approximate surface area is 231 Å². The van der Waals surface area contributed by atoms with E-state index in [1.54, 1.807) is 32.9 Å². The first kappa shape index (κ1) is 30.0. The number of pyridine rings is 1. The van der Waals surface area contributed by atoms with Crippen LogP contribution in [0.25, 0.3) is 0 Å². The number of allylic oxidation sites excluding steroid dienone is 2. The Bertz CT molecular complexity index is 1300. The second-order valence-electron chi connectivity index (χ2n) is 9.26. The van der Waals surface area contributed by atoms with Crippen LogP contribution >= 0.6 is 12.2 Å². The smallest absolute Gasteiger partial charge is 0.328 e. The molecule has 1 aliphatic rings. The van der Waals surface area contributed by atoms with Crippen molar-refractivity contribution in [2.75, 3.05) is 21.3 Å². The van der Waals surface area contributed by atoms with E-state index in [1.807, 2.05) is 0 Å². The standard InChI is InChI=1S/C28H32F2N2O6S/c1-15(32-26(39)24-25(33)21(35-4)11-12-31-24)27(34)38-16(2)23(19-9-7-17(29)13-22(19)36-5)20-10-8-18(30)14-28(20,3)37-6/h7-13,15-16,23,33H,14H2,1-6H3,(H,32,39)/t15-,16-,23?,28?/m0/s1. The van der Waals surface area contributed by atoms with Crippen LogP contribution < -0.4 is 14.8 Å². The van der Waals surface area contributed by atoms with Crippen molar-refractivity contribution < 1.29 is 37.6 Å². The molecule has 0 amide bonds. The fraction of sp³-hybridized carbons (Fsp3) is 0.393. The molecule has 1 aromatic carbocycles. The van der Waals surface area contributed by atoms with Gasteiger partial charge in [0, 0.05) is 43.3 Å². The number of carbonyl (C=O) groups is 1. The summed E-state index contributed by atoms with van der Waals surface area (Å²) in [6, 6.07) is 4.59. The quantitative estimate of drug-likeness (QED) is 0.309. The SMILES string of the molecule is COc1cc(F)ccc1C(C1=CC=C(F)CC1(C)OC)[C@H](C)OC(=O)[C@H](C)NC(=S)c1nccc(OC)c1O. The fourth-order valence-corrected chi connectivity index (χ4v) is 4.85. The van der Waals surface area contributed by atoms with Gasteiger partial charge in [-0.05, 0) is 38.5 Å². The van der Waals surface area contributed by atoms with E-state index >= 15 is 0 Å². The van der Waals surface area contributed by atoms with Crippen molar-refractivity contribution in [3.8, 4) is 17.2 Å². The number of thiocarbonyl (C=S) groups is 1. The predicted octanol–water partition coefficient (Wildman–Crippen LogP) is 4.90. The zero-order valence-electron chi connectivity index (χ0n) is 22.6. The Morgan fingerprint density at radius 2 is 1.82 bits per heavy atom. The minimum absolute atomic E-state index is 0.0165.